The first-order chi connectivity index (χ1) is 7.34. The Kier molecular flexibility index (Phi) is 1.68. The van der Waals surface area contributed by atoms with Gasteiger partial charge in [0.05, 0.1) is 11.0 Å². The van der Waals surface area contributed by atoms with Crippen LogP contribution in [-0.4, -0.2) is 9.97 Å². The van der Waals surface area contributed by atoms with Crippen molar-refractivity contribution < 1.29 is 0 Å². The van der Waals surface area contributed by atoms with Crippen molar-refractivity contribution in [1.29, 1.82) is 0 Å². The van der Waals surface area contributed by atoms with Gasteiger partial charge in [-0.05, 0) is 31.2 Å². The molecule has 3 aromatic rings. The summed E-state index contributed by atoms with van der Waals surface area (Å²) in [6, 6.07) is 12.3. The number of rotatable bonds is 0. The molecule has 0 bridgehead atoms. The second-order valence-corrected chi connectivity index (χ2v) is 3.66. The minimum Gasteiger partial charge on any atom is -0.256 e. The summed E-state index contributed by atoms with van der Waals surface area (Å²) in [5.74, 6) is 0. The maximum Gasteiger partial charge on any atom is 0.0799 e. The van der Waals surface area contributed by atoms with E-state index in [1.165, 1.54) is 5.39 Å². The molecule has 2 heterocycles. The highest BCUT2D eigenvalue weighted by atomic mass is 14.7. The van der Waals surface area contributed by atoms with Crippen molar-refractivity contribution in [2.45, 2.75) is 6.92 Å². The van der Waals surface area contributed by atoms with E-state index in [9.17, 15) is 0 Å². The Morgan fingerprint density at radius 2 is 1.87 bits per heavy atom. The van der Waals surface area contributed by atoms with Gasteiger partial charge in [-0.1, -0.05) is 12.1 Å². The summed E-state index contributed by atoms with van der Waals surface area (Å²) in [6.45, 7) is 2.01. The van der Waals surface area contributed by atoms with Gasteiger partial charge in [-0.2, -0.15) is 0 Å². The normalized spacial score (nSPS) is 11.0. The second kappa shape index (κ2) is 3.02. The zero-order valence-electron chi connectivity index (χ0n) is 8.44. The first kappa shape index (κ1) is 8.36. The van der Waals surface area contributed by atoms with Gasteiger partial charge in [0, 0.05) is 22.7 Å². The third-order valence-electron chi connectivity index (χ3n) is 2.58. The number of benzene rings is 1. The van der Waals surface area contributed by atoms with Crippen LogP contribution in [-0.2, 0) is 0 Å². The summed E-state index contributed by atoms with van der Waals surface area (Å²) in [5, 5.41) is 2.29. The average Bonchev–Trinajstić information content (AvgIpc) is 2.29. The first-order valence-corrected chi connectivity index (χ1v) is 4.96. The molecular formula is C13H10N2. The van der Waals surface area contributed by atoms with Crippen molar-refractivity contribution >= 4 is 21.8 Å². The zero-order valence-corrected chi connectivity index (χ0v) is 8.44. The number of aryl methyl sites for hydroxylation is 1. The molecule has 0 aliphatic carbocycles. The molecule has 2 aromatic heterocycles. The number of hydrogen-bond donors (Lipinski definition) is 0. The first-order valence-electron chi connectivity index (χ1n) is 4.96. The molecule has 0 aliphatic heterocycles. The smallest absolute Gasteiger partial charge is 0.0799 e. The highest BCUT2D eigenvalue weighted by Gasteiger charge is 2.01. The predicted octanol–water partition coefficient (Wildman–Crippen LogP) is 3.09. The Hall–Kier alpha value is -1.96. The van der Waals surface area contributed by atoms with Crippen molar-refractivity contribution in [2.24, 2.45) is 0 Å². The lowest BCUT2D eigenvalue weighted by Crippen LogP contribution is -1.86. The molecule has 0 saturated heterocycles. The van der Waals surface area contributed by atoms with Crippen molar-refractivity contribution in [3.8, 4) is 0 Å². The Morgan fingerprint density at radius 3 is 2.80 bits per heavy atom. The molecule has 0 spiro atoms. The van der Waals surface area contributed by atoms with E-state index >= 15 is 0 Å². The Labute approximate surface area is 87.6 Å². The Bertz CT molecular complexity index is 644. The molecule has 0 N–H and O–H groups in total. The van der Waals surface area contributed by atoms with E-state index in [2.05, 4.69) is 28.2 Å². The van der Waals surface area contributed by atoms with Crippen LogP contribution in [0.25, 0.3) is 21.8 Å². The van der Waals surface area contributed by atoms with Crippen LogP contribution < -0.4 is 0 Å². The molecule has 1 aromatic carbocycles. The molecule has 72 valence electrons. The summed E-state index contributed by atoms with van der Waals surface area (Å²) in [5.41, 5.74) is 3.09. The lowest BCUT2D eigenvalue weighted by atomic mass is 10.1. The minimum atomic E-state index is 1.00. The van der Waals surface area contributed by atoms with Gasteiger partial charge in [0.25, 0.3) is 0 Å². The summed E-state index contributed by atoms with van der Waals surface area (Å²) in [6.07, 6.45) is 1.81. The summed E-state index contributed by atoms with van der Waals surface area (Å²) in [7, 11) is 0. The van der Waals surface area contributed by atoms with Gasteiger partial charge in [-0.25, -0.2) is 0 Å². The quantitative estimate of drug-likeness (QED) is 0.514. The van der Waals surface area contributed by atoms with Crippen LogP contribution in [0.5, 0.6) is 0 Å². The number of nitrogens with zero attached hydrogens (tertiary/aromatic N) is 2. The van der Waals surface area contributed by atoms with Crippen LogP contribution in [0, 0.1) is 6.92 Å². The maximum atomic E-state index is 4.56. The topological polar surface area (TPSA) is 25.8 Å². The SMILES string of the molecule is Cc1ccc2ccc3ncccc3c2n1. The molecule has 0 fully saturated rings. The number of hydrogen-bond acceptors (Lipinski definition) is 2. The third kappa shape index (κ3) is 1.26. The lowest BCUT2D eigenvalue weighted by Gasteiger charge is -2.02. The van der Waals surface area contributed by atoms with Crippen LogP contribution in [0.2, 0.25) is 0 Å². The van der Waals surface area contributed by atoms with Gasteiger partial charge in [0.1, 0.15) is 0 Å². The minimum absolute atomic E-state index is 1.00. The van der Waals surface area contributed by atoms with Gasteiger partial charge < -0.3 is 0 Å². The number of aromatic nitrogens is 2. The van der Waals surface area contributed by atoms with E-state index in [-0.39, 0.29) is 0 Å². The lowest BCUT2D eigenvalue weighted by molar-refractivity contribution is 1.26. The van der Waals surface area contributed by atoms with Gasteiger partial charge in [0.15, 0.2) is 0 Å². The van der Waals surface area contributed by atoms with E-state index in [4.69, 9.17) is 0 Å². The standard InChI is InChI=1S/C13H10N2/c1-9-4-5-10-6-7-12-11(13(10)15-9)3-2-8-14-12/h2-8H,1H3. The van der Waals surface area contributed by atoms with Crippen LogP contribution in [0.4, 0.5) is 0 Å². The van der Waals surface area contributed by atoms with Gasteiger partial charge >= 0.3 is 0 Å². The van der Waals surface area contributed by atoms with Crippen molar-refractivity contribution in [2.75, 3.05) is 0 Å². The van der Waals surface area contributed by atoms with E-state index in [0.717, 1.165) is 22.1 Å². The van der Waals surface area contributed by atoms with Gasteiger partial charge in [-0.15, -0.1) is 0 Å². The number of fused-ring (bicyclic) bond motifs is 3. The summed E-state index contributed by atoms with van der Waals surface area (Å²) < 4.78 is 0. The van der Waals surface area contributed by atoms with Crippen molar-refractivity contribution in [1.82, 2.24) is 9.97 Å². The molecule has 0 atom stereocenters. The monoisotopic (exact) mass is 194 g/mol. The molecular weight excluding hydrogens is 184 g/mol. The highest BCUT2D eigenvalue weighted by Crippen LogP contribution is 2.22. The van der Waals surface area contributed by atoms with E-state index in [0.29, 0.717) is 0 Å². The summed E-state index contributed by atoms with van der Waals surface area (Å²) in [4.78, 5) is 8.88. The van der Waals surface area contributed by atoms with Crippen LogP contribution in [0.1, 0.15) is 5.69 Å². The van der Waals surface area contributed by atoms with Crippen LogP contribution in [0.3, 0.4) is 0 Å². The molecule has 0 amide bonds. The van der Waals surface area contributed by atoms with E-state index in [1.807, 2.05) is 31.3 Å². The molecule has 3 rings (SSSR count). The van der Waals surface area contributed by atoms with Crippen molar-refractivity contribution in [3.63, 3.8) is 0 Å². The van der Waals surface area contributed by atoms with E-state index < -0.39 is 0 Å². The molecule has 2 heteroatoms. The fourth-order valence-corrected chi connectivity index (χ4v) is 1.84. The molecule has 0 aliphatic rings. The average molecular weight is 194 g/mol. The maximum absolute atomic E-state index is 4.56. The van der Waals surface area contributed by atoms with Crippen molar-refractivity contribution in [3.05, 3.63) is 48.3 Å². The molecule has 0 saturated carbocycles. The van der Waals surface area contributed by atoms with Crippen LogP contribution in [0.15, 0.2) is 42.6 Å². The Morgan fingerprint density at radius 1 is 1.00 bits per heavy atom. The largest absolute Gasteiger partial charge is 0.256 e. The predicted molar refractivity (Wildman–Crippen MR) is 61.8 cm³/mol. The molecule has 15 heavy (non-hydrogen) atoms. The molecule has 2 nitrogen and oxygen atoms in total. The fourth-order valence-electron chi connectivity index (χ4n) is 1.84. The fraction of sp³-hybridized carbons (Fsp3) is 0.0769. The highest BCUT2D eigenvalue weighted by molar-refractivity contribution is 6.03. The molecule has 0 unspecified atom stereocenters. The zero-order chi connectivity index (χ0) is 10.3. The summed E-state index contributed by atoms with van der Waals surface area (Å²) >= 11 is 0. The second-order valence-electron chi connectivity index (χ2n) is 3.66. The number of pyridine rings is 2. The third-order valence-corrected chi connectivity index (χ3v) is 2.58. The van der Waals surface area contributed by atoms with Crippen LogP contribution >= 0.6 is 0 Å². The Balaban J connectivity index is 2.57. The molecule has 0 radical (unpaired) electrons. The van der Waals surface area contributed by atoms with Gasteiger partial charge in [0.2, 0.25) is 0 Å². The van der Waals surface area contributed by atoms with Gasteiger partial charge in [-0.3, -0.25) is 9.97 Å². The van der Waals surface area contributed by atoms with E-state index in [1.54, 1.807) is 0 Å².